The highest BCUT2D eigenvalue weighted by Gasteiger charge is 2.22. The van der Waals surface area contributed by atoms with Gasteiger partial charge in [0, 0.05) is 25.5 Å². The minimum absolute atomic E-state index is 0.419. The maximum Gasteiger partial charge on any atom is 0.159 e. The van der Waals surface area contributed by atoms with Crippen LogP contribution in [0.1, 0.15) is 24.5 Å². The number of aromatic nitrogens is 2. The summed E-state index contributed by atoms with van der Waals surface area (Å²) < 4.78 is 28.1. The van der Waals surface area contributed by atoms with E-state index in [9.17, 15) is 13.9 Å². The lowest BCUT2D eigenvalue weighted by Gasteiger charge is -2.33. The third-order valence-electron chi connectivity index (χ3n) is 4.47. The summed E-state index contributed by atoms with van der Waals surface area (Å²) >= 11 is 0. The fraction of sp³-hybridized carbons (Fsp3) is 0.471. The molecular formula is C17H21F2N3O. The lowest BCUT2D eigenvalue weighted by molar-refractivity contribution is 0.0858. The van der Waals surface area contributed by atoms with E-state index in [1.165, 1.54) is 6.07 Å². The molecule has 3 rings (SSSR count). The highest BCUT2D eigenvalue weighted by atomic mass is 19.2. The van der Waals surface area contributed by atoms with Gasteiger partial charge in [0.2, 0.25) is 0 Å². The van der Waals surface area contributed by atoms with E-state index in [2.05, 4.69) is 10.00 Å². The Kier molecular flexibility index (Phi) is 5.03. The highest BCUT2D eigenvalue weighted by Crippen LogP contribution is 2.22. The van der Waals surface area contributed by atoms with Crippen LogP contribution in [0.4, 0.5) is 8.78 Å². The zero-order valence-electron chi connectivity index (χ0n) is 12.9. The van der Waals surface area contributed by atoms with Crippen molar-refractivity contribution in [2.75, 3.05) is 19.6 Å². The third kappa shape index (κ3) is 4.14. The van der Waals surface area contributed by atoms with Gasteiger partial charge in [-0.2, -0.15) is 5.10 Å². The molecule has 1 aliphatic heterocycles. The standard InChI is InChI=1S/C17H21F2N3O/c18-15-3-2-14(10-16(15)19)17(23)12-21-8-4-13(5-9-21)11-22-7-1-6-20-22/h1-3,6-7,10,13,17,23H,4-5,8-9,11-12H2/t17-/m0/s1. The van der Waals surface area contributed by atoms with E-state index in [-0.39, 0.29) is 0 Å². The van der Waals surface area contributed by atoms with Crippen molar-refractivity contribution in [3.63, 3.8) is 0 Å². The quantitative estimate of drug-likeness (QED) is 0.920. The maximum absolute atomic E-state index is 13.2. The Hall–Kier alpha value is -1.79. The summed E-state index contributed by atoms with van der Waals surface area (Å²) in [5.41, 5.74) is 0.419. The van der Waals surface area contributed by atoms with Crippen molar-refractivity contribution in [3.8, 4) is 0 Å². The Bertz CT molecular complexity index is 625. The summed E-state index contributed by atoms with van der Waals surface area (Å²) in [6.07, 6.45) is 5.05. The smallest absolute Gasteiger partial charge is 0.159 e. The molecule has 1 atom stereocenters. The molecule has 1 fully saturated rings. The first-order valence-electron chi connectivity index (χ1n) is 7.94. The number of halogens is 2. The van der Waals surface area contributed by atoms with Crippen LogP contribution in [0.15, 0.2) is 36.7 Å². The van der Waals surface area contributed by atoms with Gasteiger partial charge in [0.25, 0.3) is 0 Å². The third-order valence-corrected chi connectivity index (χ3v) is 4.47. The monoisotopic (exact) mass is 321 g/mol. The molecule has 0 bridgehead atoms. The summed E-state index contributed by atoms with van der Waals surface area (Å²) in [6.45, 7) is 3.16. The van der Waals surface area contributed by atoms with Crippen LogP contribution >= 0.6 is 0 Å². The van der Waals surface area contributed by atoms with Gasteiger partial charge in [-0.05, 0) is 55.6 Å². The Balaban J connectivity index is 1.49. The second-order valence-electron chi connectivity index (χ2n) is 6.16. The molecule has 2 aromatic rings. The maximum atomic E-state index is 13.2. The number of rotatable bonds is 5. The zero-order valence-corrected chi connectivity index (χ0v) is 12.9. The molecule has 124 valence electrons. The Morgan fingerprint density at radius 2 is 2.00 bits per heavy atom. The van der Waals surface area contributed by atoms with E-state index >= 15 is 0 Å². The van der Waals surface area contributed by atoms with Crippen molar-refractivity contribution in [2.45, 2.75) is 25.5 Å². The molecule has 4 nitrogen and oxygen atoms in total. The van der Waals surface area contributed by atoms with Gasteiger partial charge in [0.15, 0.2) is 11.6 Å². The topological polar surface area (TPSA) is 41.3 Å². The fourth-order valence-corrected chi connectivity index (χ4v) is 3.09. The number of aliphatic hydroxyl groups excluding tert-OH is 1. The first kappa shape index (κ1) is 16.1. The van der Waals surface area contributed by atoms with Crippen LogP contribution in [0.25, 0.3) is 0 Å². The normalized spacial score (nSPS) is 18.2. The molecule has 1 aliphatic rings. The van der Waals surface area contributed by atoms with Crippen LogP contribution in [0.5, 0.6) is 0 Å². The summed E-state index contributed by atoms with van der Waals surface area (Å²) in [7, 11) is 0. The number of aliphatic hydroxyl groups is 1. The summed E-state index contributed by atoms with van der Waals surface area (Å²) in [4.78, 5) is 2.17. The Labute approximate surface area is 134 Å². The highest BCUT2D eigenvalue weighted by molar-refractivity contribution is 5.20. The van der Waals surface area contributed by atoms with E-state index in [0.29, 0.717) is 18.0 Å². The van der Waals surface area contributed by atoms with E-state index in [1.807, 2.05) is 16.9 Å². The number of hydrogen-bond donors (Lipinski definition) is 1. The number of piperidine rings is 1. The summed E-state index contributed by atoms with van der Waals surface area (Å²) in [5.74, 6) is -1.22. The predicted molar refractivity (Wildman–Crippen MR) is 82.7 cm³/mol. The largest absolute Gasteiger partial charge is 0.387 e. The number of β-amino-alcohol motifs (C(OH)–C–C–N with tert-alkyl or cyclic N) is 1. The van der Waals surface area contributed by atoms with E-state index in [1.54, 1.807) is 6.20 Å². The molecule has 0 radical (unpaired) electrons. The number of nitrogens with zero attached hydrogens (tertiary/aromatic N) is 3. The van der Waals surface area contributed by atoms with Gasteiger partial charge < -0.3 is 10.0 Å². The minimum atomic E-state index is -0.917. The zero-order chi connectivity index (χ0) is 16.2. The van der Waals surface area contributed by atoms with Crippen LogP contribution in [0, 0.1) is 17.6 Å². The van der Waals surface area contributed by atoms with Crippen LogP contribution in [0.2, 0.25) is 0 Å². The molecule has 1 aromatic carbocycles. The van der Waals surface area contributed by atoms with Gasteiger partial charge in [-0.15, -0.1) is 0 Å². The van der Waals surface area contributed by atoms with E-state index < -0.39 is 17.7 Å². The van der Waals surface area contributed by atoms with E-state index in [4.69, 9.17) is 0 Å². The molecule has 2 heterocycles. The van der Waals surface area contributed by atoms with Gasteiger partial charge in [-0.3, -0.25) is 4.68 Å². The van der Waals surface area contributed by atoms with Crippen LogP contribution < -0.4 is 0 Å². The minimum Gasteiger partial charge on any atom is -0.387 e. The first-order valence-corrected chi connectivity index (χ1v) is 7.94. The molecule has 0 unspecified atom stereocenters. The molecule has 0 aliphatic carbocycles. The first-order chi connectivity index (χ1) is 11.1. The van der Waals surface area contributed by atoms with Gasteiger partial charge in [0.05, 0.1) is 6.10 Å². The lowest BCUT2D eigenvalue weighted by atomic mass is 9.96. The SMILES string of the molecule is O[C@@H](CN1CCC(Cn2cccn2)CC1)c1ccc(F)c(F)c1. The number of benzene rings is 1. The van der Waals surface area contributed by atoms with E-state index in [0.717, 1.165) is 44.6 Å². The van der Waals surface area contributed by atoms with Crippen molar-refractivity contribution < 1.29 is 13.9 Å². The number of hydrogen-bond acceptors (Lipinski definition) is 3. The van der Waals surface area contributed by atoms with Crippen molar-refractivity contribution in [2.24, 2.45) is 5.92 Å². The molecular weight excluding hydrogens is 300 g/mol. The van der Waals surface area contributed by atoms with Crippen LogP contribution in [-0.4, -0.2) is 39.4 Å². The fourth-order valence-electron chi connectivity index (χ4n) is 3.09. The van der Waals surface area contributed by atoms with Crippen molar-refractivity contribution in [1.82, 2.24) is 14.7 Å². The molecule has 0 saturated carbocycles. The molecule has 0 spiro atoms. The molecule has 1 aromatic heterocycles. The molecule has 1 N–H and O–H groups in total. The summed E-state index contributed by atoms with van der Waals surface area (Å²) in [6, 6.07) is 5.50. The predicted octanol–water partition coefficient (Wildman–Crippen LogP) is 2.61. The average Bonchev–Trinajstić information content (AvgIpc) is 3.05. The Morgan fingerprint density at radius 3 is 2.65 bits per heavy atom. The Morgan fingerprint density at radius 1 is 1.22 bits per heavy atom. The van der Waals surface area contributed by atoms with Crippen LogP contribution in [-0.2, 0) is 6.54 Å². The van der Waals surface area contributed by atoms with Crippen molar-refractivity contribution in [3.05, 3.63) is 53.9 Å². The average molecular weight is 321 g/mol. The van der Waals surface area contributed by atoms with Gasteiger partial charge in [-0.25, -0.2) is 8.78 Å². The second-order valence-corrected chi connectivity index (χ2v) is 6.16. The molecule has 1 saturated heterocycles. The van der Waals surface area contributed by atoms with Gasteiger partial charge in [-0.1, -0.05) is 6.07 Å². The molecule has 0 amide bonds. The molecule has 6 heteroatoms. The van der Waals surface area contributed by atoms with Gasteiger partial charge >= 0.3 is 0 Å². The van der Waals surface area contributed by atoms with Crippen molar-refractivity contribution in [1.29, 1.82) is 0 Å². The van der Waals surface area contributed by atoms with Crippen molar-refractivity contribution >= 4 is 0 Å². The molecule has 23 heavy (non-hydrogen) atoms. The second kappa shape index (κ2) is 7.19. The summed E-state index contributed by atoms with van der Waals surface area (Å²) in [5, 5.41) is 14.4. The number of likely N-dealkylation sites (tertiary alicyclic amines) is 1. The van der Waals surface area contributed by atoms with Gasteiger partial charge in [0.1, 0.15) is 0 Å². The lowest BCUT2D eigenvalue weighted by Crippen LogP contribution is -2.37. The van der Waals surface area contributed by atoms with Crippen LogP contribution in [0.3, 0.4) is 0 Å².